The first-order chi connectivity index (χ1) is 13.0. The summed E-state index contributed by atoms with van der Waals surface area (Å²) in [6.45, 7) is 8.01. The van der Waals surface area contributed by atoms with Gasteiger partial charge in [-0.25, -0.2) is 4.68 Å². The molecule has 1 unspecified atom stereocenters. The molecule has 1 amide bonds. The average Bonchev–Trinajstić information content (AvgIpc) is 3.12. The number of carbonyl (C=O) groups excluding carboxylic acids is 1. The van der Waals surface area contributed by atoms with Crippen LogP contribution in [0.4, 0.5) is 5.69 Å². The topological polar surface area (TPSA) is 72.7 Å². The second-order valence-corrected chi connectivity index (χ2v) is 7.79. The fraction of sp³-hybridized carbons (Fsp3) is 0.300. The molecule has 3 aromatic rings. The summed E-state index contributed by atoms with van der Waals surface area (Å²) in [6.07, 6.45) is 0. The number of rotatable bonds is 6. The molecule has 7 heteroatoms. The van der Waals surface area contributed by atoms with Gasteiger partial charge in [0, 0.05) is 5.69 Å². The van der Waals surface area contributed by atoms with E-state index in [-0.39, 0.29) is 11.9 Å². The number of nitrogens with one attached hydrogen (secondary N) is 1. The molecule has 0 radical (unpaired) electrons. The predicted molar refractivity (Wildman–Crippen MR) is 108 cm³/mol. The molecule has 0 aliphatic carbocycles. The molecule has 0 fully saturated rings. The van der Waals surface area contributed by atoms with E-state index in [1.165, 1.54) is 11.8 Å². The van der Waals surface area contributed by atoms with E-state index in [2.05, 4.69) is 20.8 Å². The number of hydrogen-bond donors (Lipinski definition) is 1. The normalized spacial score (nSPS) is 12.2. The van der Waals surface area contributed by atoms with Crippen LogP contribution in [0.15, 0.2) is 53.7 Å². The van der Waals surface area contributed by atoms with Crippen molar-refractivity contribution in [1.82, 2.24) is 20.2 Å². The number of aryl methyl sites for hydroxylation is 2. The Kier molecular flexibility index (Phi) is 5.91. The van der Waals surface area contributed by atoms with Crippen molar-refractivity contribution in [2.75, 3.05) is 5.32 Å². The third-order valence-electron chi connectivity index (χ3n) is 4.17. The molecule has 3 rings (SSSR count). The molecule has 1 heterocycles. The van der Waals surface area contributed by atoms with Gasteiger partial charge in [0.25, 0.3) is 0 Å². The van der Waals surface area contributed by atoms with Crippen LogP contribution in [0.25, 0.3) is 0 Å². The predicted octanol–water partition coefficient (Wildman–Crippen LogP) is 4.34. The van der Waals surface area contributed by atoms with Gasteiger partial charge in [-0.2, -0.15) is 0 Å². The summed E-state index contributed by atoms with van der Waals surface area (Å²) in [5, 5.41) is 15.1. The van der Waals surface area contributed by atoms with E-state index in [4.69, 9.17) is 0 Å². The SMILES string of the molecule is Cc1ccc(C)c(NC(=O)C(Sc2nnnn2C(C)C)c2ccccc2)c1. The van der Waals surface area contributed by atoms with Gasteiger partial charge in [0.05, 0.1) is 6.04 Å². The molecular weight excluding hydrogens is 358 g/mol. The van der Waals surface area contributed by atoms with Crippen molar-refractivity contribution in [3.63, 3.8) is 0 Å². The second kappa shape index (κ2) is 8.35. The Morgan fingerprint density at radius 2 is 1.85 bits per heavy atom. The Morgan fingerprint density at radius 3 is 2.56 bits per heavy atom. The Balaban J connectivity index is 1.91. The van der Waals surface area contributed by atoms with E-state index < -0.39 is 5.25 Å². The van der Waals surface area contributed by atoms with Crippen LogP contribution in [0, 0.1) is 13.8 Å². The fourth-order valence-corrected chi connectivity index (χ4v) is 3.77. The van der Waals surface area contributed by atoms with Gasteiger partial charge >= 0.3 is 0 Å². The number of amides is 1. The maximum atomic E-state index is 13.2. The van der Waals surface area contributed by atoms with Crippen molar-refractivity contribution in [3.8, 4) is 0 Å². The number of aromatic nitrogens is 4. The summed E-state index contributed by atoms with van der Waals surface area (Å²) >= 11 is 1.36. The first-order valence-electron chi connectivity index (χ1n) is 8.83. The van der Waals surface area contributed by atoms with Crippen LogP contribution in [0.1, 0.15) is 41.8 Å². The maximum Gasteiger partial charge on any atom is 0.242 e. The monoisotopic (exact) mass is 381 g/mol. The molecule has 0 spiro atoms. The van der Waals surface area contributed by atoms with E-state index in [0.29, 0.717) is 5.16 Å². The zero-order valence-corrected chi connectivity index (χ0v) is 16.7. The lowest BCUT2D eigenvalue weighted by Gasteiger charge is -2.18. The lowest BCUT2D eigenvalue weighted by Crippen LogP contribution is -2.20. The van der Waals surface area contributed by atoms with Crippen LogP contribution in [-0.4, -0.2) is 26.1 Å². The molecule has 0 saturated heterocycles. The molecule has 0 saturated carbocycles. The van der Waals surface area contributed by atoms with E-state index in [9.17, 15) is 4.79 Å². The number of benzene rings is 2. The highest BCUT2D eigenvalue weighted by atomic mass is 32.2. The van der Waals surface area contributed by atoms with Gasteiger partial charge in [0.1, 0.15) is 5.25 Å². The number of hydrogen-bond acceptors (Lipinski definition) is 5. The fourth-order valence-electron chi connectivity index (χ4n) is 2.66. The van der Waals surface area contributed by atoms with Gasteiger partial charge in [-0.1, -0.05) is 54.2 Å². The molecule has 2 aromatic carbocycles. The minimum Gasteiger partial charge on any atom is -0.325 e. The number of carbonyl (C=O) groups is 1. The molecule has 0 aliphatic rings. The first-order valence-corrected chi connectivity index (χ1v) is 9.71. The zero-order chi connectivity index (χ0) is 19.4. The third-order valence-corrected chi connectivity index (χ3v) is 5.37. The van der Waals surface area contributed by atoms with Crippen molar-refractivity contribution in [2.24, 2.45) is 0 Å². The number of anilines is 1. The quantitative estimate of drug-likeness (QED) is 0.643. The lowest BCUT2D eigenvalue weighted by molar-refractivity contribution is -0.115. The number of thioether (sulfide) groups is 1. The van der Waals surface area contributed by atoms with Crippen molar-refractivity contribution in [3.05, 3.63) is 65.2 Å². The van der Waals surface area contributed by atoms with Gasteiger partial charge in [0.15, 0.2) is 0 Å². The summed E-state index contributed by atoms with van der Waals surface area (Å²) in [5.41, 5.74) is 3.86. The Hall–Kier alpha value is -2.67. The van der Waals surface area contributed by atoms with Gasteiger partial charge in [-0.3, -0.25) is 4.79 Å². The summed E-state index contributed by atoms with van der Waals surface area (Å²) in [5.74, 6) is -0.0989. The molecule has 1 atom stereocenters. The van der Waals surface area contributed by atoms with E-state index in [0.717, 1.165) is 22.4 Å². The molecule has 0 aliphatic heterocycles. The zero-order valence-electron chi connectivity index (χ0n) is 15.9. The standard InChI is InChI=1S/C20H23N5OS/c1-13(2)25-20(22-23-24-25)27-18(16-8-6-5-7-9-16)19(26)21-17-12-14(3)10-11-15(17)4/h5-13,18H,1-4H3,(H,21,26). The van der Waals surface area contributed by atoms with Gasteiger partial charge in [-0.05, 0) is 60.9 Å². The highest BCUT2D eigenvalue weighted by molar-refractivity contribution is 8.00. The highest BCUT2D eigenvalue weighted by Crippen LogP contribution is 2.36. The minimum atomic E-state index is -0.463. The summed E-state index contributed by atoms with van der Waals surface area (Å²) in [4.78, 5) is 13.2. The van der Waals surface area contributed by atoms with Crippen LogP contribution in [0.2, 0.25) is 0 Å². The van der Waals surface area contributed by atoms with E-state index >= 15 is 0 Å². The summed E-state index contributed by atoms with van der Waals surface area (Å²) < 4.78 is 1.73. The van der Waals surface area contributed by atoms with E-state index in [1.54, 1.807) is 4.68 Å². The molecule has 1 aromatic heterocycles. The molecule has 140 valence electrons. The average molecular weight is 382 g/mol. The molecule has 27 heavy (non-hydrogen) atoms. The molecule has 6 nitrogen and oxygen atoms in total. The van der Waals surface area contributed by atoms with Crippen molar-refractivity contribution >= 4 is 23.4 Å². The maximum absolute atomic E-state index is 13.2. The summed E-state index contributed by atoms with van der Waals surface area (Å²) in [7, 11) is 0. The van der Waals surface area contributed by atoms with Crippen LogP contribution >= 0.6 is 11.8 Å². The van der Waals surface area contributed by atoms with Crippen molar-refractivity contribution in [2.45, 2.75) is 44.1 Å². The third kappa shape index (κ3) is 4.54. The van der Waals surface area contributed by atoms with Crippen LogP contribution in [0.3, 0.4) is 0 Å². The van der Waals surface area contributed by atoms with Gasteiger partial charge in [-0.15, -0.1) is 5.10 Å². The van der Waals surface area contributed by atoms with Gasteiger partial charge in [0.2, 0.25) is 11.1 Å². The molecular formula is C20H23N5OS. The van der Waals surface area contributed by atoms with Gasteiger partial charge < -0.3 is 5.32 Å². The smallest absolute Gasteiger partial charge is 0.242 e. The minimum absolute atomic E-state index is 0.0989. The van der Waals surface area contributed by atoms with Crippen LogP contribution < -0.4 is 5.32 Å². The Morgan fingerprint density at radius 1 is 1.11 bits per heavy atom. The van der Waals surface area contributed by atoms with Crippen LogP contribution in [0.5, 0.6) is 0 Å². The largest absolute Gasteiger partial charge is 0.325 e. The first kappa shape index (κ1) is 19.1. The van der Waals surface area contributed by atoms with E-state index in [1.807, 2.05) is 76.2 Å². The Labute approximate surface area is 163 Å². The molecule has 1 N–H and O–H groups in total. The highest BCUT2D eigenvalue weighted by Gasteiger charge is 2.26. The summed E-state index contributed by atoms with van der Waals surface area (Å²) in [6, 6.07) is 15.8. The number of tetrazole rings is 1. The lowest BCUT2D eigenvalue weighted by atomic mass is 10.1. The Bertz CT molecular complexity index is 923. The van der Waals surface area contributed by atoms with Crippen molar-refractivity contribution < 1.29 is 4.79 Å². The van der Waals surface area contributed by atoms with Crippen molar-refractivity contribution in [1.29, 1.82) is 0 Å². The number of nitrogens with zero attached hydrogens (tertiary/aromatic N) is 4. The van der Waals surface area contributed by atoms with Crippen LogP contribution in [-0.2, 0) is 4.79 Å². The molecule has 0 bridgehead atoms. The second-order valence-electron chi connectivity index (χ2n) is 6.72.